The lowest BCUT2D eigenvalue weighted by molar-refractivity contribution is 0.0567. The second kappa shape index (κ2) is 11.0. The van der Waals surface area contributed by atoms with Crippen molar-refractivity contribution >= 4 is 5.91 Å². The molecule has 2 aliphatic heterocycles. The SMILES string of the molecule is O=C(c1coc(CN2CCN(CC(O)c3ccccc3)CC2)n1)N1CCN(C2CCCC2)CC1. The van der Waals surface area contributed by atoms with Gasteiger partial charge in [-0.1, -0.05) is 43.2 Å². The summed E-state index contributed by atoms with van der Waals surface area (Å²) in [4.78, 5) is 26.5. The summed E-state index contributed by atoms with van der Waals surface area (Å²) < 4.78 is 5.67. The van der Waals surface area contributed by atoms with E-state index in [9.17, 15) is 9.90 Å². The molecule has 3 heterocycles. The fourth-order valence-electron chi connectivity index (χ4n) is 5.55. The first-order valence-electron chi connectivity index (χ1n) is 12.8. The average Bonchev–Trinajstić information content (AvgIpc) is 3.58. The third-order valence-electron chi connectivity index (χ3n) is 7.65. The molecule has 1 N–H and O–H groups in total. The second-order valence-corrected chi connectivity index (χ2v) is 9.90. The van der Waals surface area contributed by atoms with Crippen LogP contribution in [0, 0.1) is 0 Å². The van der Waals surface area contributed by atoms with Gasteiger partial charge in [-0.05, 0) is 18.4 Å². The highest BCUT2D eigenvalue weighted by molar-refractivity contribution is 5.92. The third kappa shape index (κ3) is 5.68. The maximum Gasteiger partial charge on any atom is 0.275 e. The fraction of sp³-hybridized carbons (Fsp3) is 0.615. The molecule has 8 heteroatoms. The van der Waals surface area contributed by atoms with Crippen LogP contribution in [0.3, 0.4) is 0 Å². The normalized spacial score (nSPS) is 22.3. The minimum absolute atomic E-state index is 0.0132. The topological polar surface area (TPSA) is 76.3 Å². The Morgan fingerprint density at radius 3 is 2.35 bits per heavy atom. The van der Waals surface area contributed by atoms with Gasteiger partial charge in [0.2, 0.25) is 5.89 Å². The average molecular weight is 468 g/mol. The van der Waals surface area contributed by atoms with Crippen molar-refractivity contribution in [1.29, 1.82) is 0 Å². The summed E-state index contributed by atoms with van der Waals surface area (Å²) in [7, 11) is 0. The molecule has 0 bridgehead atoms. The Morgan fingerprint density at radius 2 is 1.65 bits per heavy atom. The van der Waals surface area contributed by atoms with Crippen molar-refractivity contribution in [3.05, 3.63) is 53.7 Å². The van der Waals surface area contributed by atoms with E-state index in [1.807, 2.05) is 35.2 Å². The first-order chi connectivity index (χ1) is 16.7. The number of aliphatic hydroxyl groups excluding tert-OH is 1. The van der Waals surface area contributed by atoms with E-state index in [0.717, 1.165) is 64.0 Å². The molecule has 2 saturated heterocycles. The van der Waals surface area contributed by atoms with Gasteiger partial charge in [0.05, 0.1) is 12.6 Å². The number of hydrogen-bond donors (Lipinski definition) is 1. The second-order valence-electron chi connectivity index (χ2n) is 9.90. The molecule has 2 aromatic rings. The highest BCUT2D eigenvalue weighted by Crippen LogP contribution is 2.24. The van der Waals surface area contributed by atoms with E-state index in [2.05, 4.69) is 19.7 Å². The number of oxazole rings is 1. The van der Waals surface area contributed by atoms with Gasteiger partial charge in [-0.25, -0.2) is 4.98 Å². The molecular formula is C26H37N5O3. The Balaban J connectivity index is 1.06. The highest BCUT2D eigenvalue weighted by atomic mass is 16.3. The van der Waals surface area contributed by atoms with Gasteiger partial charge in [-0.3, -0.25) is 19.5 Å². The van der Waals surface area contributed by atoms with Crippen LogP contribution in [0.4, 0.5) is 0 Å². The van der Waals surface area contributed by atoms with Crippen molar-refractivity contribution in [3.63, 3.8) is 0 Å². The molecule has 3 aliphatic rings. The number of β-amino-alcohol motifs (C(OH)–C–C–N with tert-alkyl or cyclic N) is 1. The molecule has 34 heavy (non-hydrogen) atoms. The smallest absolute Gasteiger partial charge is 0.275 e. The molecule has 8 nitrogen and oxygen atoms in total. The molecule has 0 radical (unpaired) electrons. The van der Waals surface area contributed by atoms with Crippen LogP contribution in [-0.2, 0) is 6.54 Å². The van der Waals surface area contributed by atoms with E-state index in [1.165, 1.54) is 31.9 Å². The van der Waals surface area contributed by atoms with Gasteiger partial charge in [0, 0.05) is 64.9 Å². The maximum absolute atomic E-state index is 12.9. The van der Waals surface area contributed by atoms with Gasteiger partial charge >= 0.3 is 0 Å². The van der Waals surface area contributed by atoms with Crippen LogP contribution >= 0.6 is 0 Å². The molecule has 1 aromatic heterocycles. The number of hydrogen-bond acceptors (Lipinski definition) is 7. The van der Waals surface area contributed by atoms with Crippen LogP contribution < -0.4 is 0 Å². The molecule has 3 fully saturated rings. The summed E-state index contributed by atoms with van der Waals surface area (Å²) in [5, 5.41) is 10.5. The lowest BCUT2D eigenvalue weighted by atomic mass is 10.1. The quantitative estimate of drug-likeness (QED) is 0.669. The number of carbonyl (C=O) groups excluding carboxylic acids is 1. The van der Waals surface area contributed by atoms with Crippen LogP contribution in [-0.4, -0.2) is 101 Å². The standard InChI is InChI=1S/C26H37N5O3/c32-24(21-6-2-1-3-7-21)18-28-10-12-29(13-11-28)19-25-27-23(20-34-25)26(33)31-16-14-30(15-17-31)22-8-4-5-9-22/h1-3,6-7,20,22,24,32H,4-5,8-19H2. The predicted molar refractivity (Wildman–Crippen MR) is 129 cm³/mol. The number of amides is 1. The van der Waals surface area contributed by atoms with Gasteiger partial charge in [0.1, 0.15) is 6.26 Å². The van der Waals surface area contributed by atoms with E-state index in [4.69, 9.17) is 4.42 Å². The number of aliphatic hydroxyl groups is 1. The highest BCUT2D eigenvalue weighted by Gasteiger charge is 2.29. The van der Waals surface area contributed by atoms with Gasteiger partial charge < -0.3 is 14.4 Å². The summed E-state index contributed by atoms with van der Waals surface area (Å²) >= 11 is 0. The molecule has 1 aliphatic carbocycles. The van der Waals surface area contributed by atoms with Gasteiger partial charge in [0.25, 0.3) is 5.91 Å². The maximum atomic E-state index is 12.9. The van der Waals surface area contributed by atoms with Crippen LogP contribution in [0.1, 0.15) is 53.7 Å². The van der Waals surface area contributed by atoms with Crippen LogP contribution in [0.5, 0.6) is 0 Å². The Bertz CT molecular complexity index is 914. The monoisotopic (exact) mass is 467 g/mol. The number of benzene rings is 1. The van der Waals surface area contributed by atoms with Crippen LogP contribution in [0.25, 0.3) is 0 Å². The lowest BCUT2D eigenvalue weighted by Gasteiger charge is -2.37. The number of carbonyl (C=O) groups is 1. The van der Waals surface area contributed by atoms with Gasteiger partial charge in [-0.2, -0.15) is 0 Å². The van der Waals surface area contributed by atoms with E-state index in [-0.39, 0.29) is 5.91 Å². The minimum atomic E-state index is -0.465. The van der Waals surface area contributed by atoms with Gasteiger partial charge in [0.15, 0.2) is 5.69 Å². The summed E-state index contributed by atoms with van der Waals surface area (Å²) in [5.74, 6) is 0.589. The van der Waals surface area contributed by atoms with Crippen molar-refractivity contribution in [2.75, 3.05) is 58.9 Å². The molecule has 1 saturated carbocycles. The van der Waals surface area contributed by atoms with E-state index >= 15 is 0 Å². The van der Waals surface area contributed by atoms with Crippen molar-refractivity contribution in [2.45, 2.75) is 44.4 Å². The lowest BCUT2D eigenvalue weighted by Crippen LogP contribution is -2.51. The zero-order valence-electron chi connectivity index (χ0n) is 20.0. The molecule has 1 amide bonds. The number of aromatic nitrogens is 1. The fourth-order valence-corrected chi connectivity index (χ4v) is 5.55. The van der Waals surface area contributed by atoms with Crippen molar-refractivity contribution in [2.24, 2.45) is 0 Å². The van der Waals surface area contributed by atoms with Crippen LogP contribution in [0.15, 0.2) is 41.0 Å². The summed E-state index contributed by atoms with van der Waals surface area (Å²) in [6.45, 7) is 8.27. The molecule has 184 valence electrons. The van der Waals surface area contributed by atoms with Crippen molar-refractivity contribution < 1.29 is 14.3 Å². The van der Waals surface area contributed by atoms with Crippen molar-refractivity contribution in [1.82, 2.24) is 24.6 Å². The Morgan fingerprint density at radius 1 is 0.971 bits per heavy atom. The molecule has 1 atom stereocenters. The first kappa shape index (κ1) is 23.5. The van der Waals surface area contributed by atoms with E-state index < -0.39 is 6.10 Å². The Labute approximate surface area is 202 Å². The molecule has 1 aromatic carbocycles. The van der Waals surface area contributed by atoms with E-state index in [1.54, 1.807) is 0 Å². The van der Waals surface area contributed by atoms with Crippen molar-refractivity contribution in [3.8, 4) is 0 Å². The van der Waals surface area contributed by atoms with Crippen LogP contribution in [0.2, 0.25) is 0 Å². The first-order valence-corrected chi connectivity index (χ1v) is 12.8. The number of rotatable bonds is 7. The zero-order valence-corrected chi connectivity index (χ0v) is 20.0. The zero-order chi connectivity index (χ0) is 23.3. The van der Waals surface area contributed by atoms with Gasteiger partial charge in [-0.15, -0.1) is 0 Å². The molecule has 5 rings (SSSR count). The number of nitrogens with zero attached hydrogens (tertiary/aromatic N) is 5. The largest absolute Gasteiger partial charge is 0.447 e. The Kier molecular flexibility index (Phi) is 7.59. The summed E-state index contributed by atoms with van der Waals surface area (Å²) in [6.07, 6.45) is 6.36. The van der Waals surface area contributed by atoms with E-state index in [0.29, 0.717) is 24.7 Å². The minimum Gasteiger partial charge on any atom is -0.447 e. The summed E-state index contributed by atoms with van der Waals surface area (Å²) in [5.41, 5.74) is 1.38. The molecule has 0 spiro atoms. The molecular weight excluding hydrogens is 430 g/mol. The number of piperazine rings is 2. The third-order valence-corrected chi connectivity index (χ3v) is 7.65. The summed E-state index contributed by atoms with van der Waals surface area (Å²) in [6, 6.07) is 10.5. The predicted octanol–water partition coefficient (Wildman–Crippen LogP) is 2.23. The molecule has 1 unspecified atom stereocenters. The Hall–Kier alpha value is -2.26.